The summed E-state index contributed by atoms with van der Waals surface area (Å²) >= 11 is 5.97. The molecule has 2 aliphatic rings. The smallest absolute Gasteiger partial charge is 0.273 e. The van der Waals surface area contributed by atoms with Crippen LogP contribution in [0.5, 0.6) is 0 Å². The lowest BCUT2D eigenvalue weighted by molar-refractivity contribution is -0.156. The number of hydrogen-bond donors (Lipinski definition) is 0. The summed E-state index contributed by atoms with van der Waals surface area (Å²) in [5.41, 5.74) is 0.675. The van der Waals surface area contributed by atoms with Crippen molar-refractivity contribution in [2.75, 3.05) is 0 Å². The van der Waals surface area contributed by atoms with Gasteiger partial charge in [0.05, 0.1) is 11.8 Å². The third kappa shape index (κ3) is 3.95. The van der Waals surface area contributed by atoms with E-state index < -0.39 is 23.8 Å². The minimum absolute atomic E-state index is 0.249. The number of hydrazine groups is 1. The van der Waals surface area contributed by atoms with Crippen molar-refractivity contribution in [1.29, 1.82) is 0 Å². The molecule has 2 aromatic carbocycles. The van der Waals surface area contributed by atoms with E-state index in [1.165, 1.54) is 12.1 Å². The molecule has 7 heteroatoms. The van der Waals surface area contributed by atoms with Gasteiger partial charge in [-0.15, -0.1) is 0 Å². The molecular formula is C25H25ClN2O4. The van der Waals surface area contributed by atoms with Crippen LogP contribution in [0.25, 0.3) is 0 Å². The first kappa shape index (κ1) is 22.2. The van der Waals surface area contributed by atoms with Gasteiger partial charge in [-0.25, -0.2) is 5.01 Å². The highest BCUT2D eigenvalue weighted by Gasteiger charge is 2.53. The van der Waals surface area contributed by atoms with E-state index in [9.17, 15) is 19.2 Å². The fourth-order valence-electron chi connectivity index (χ4n) is 4.72. The van der Waals surface area contributed by atoms with Crippen LogP contribution in [0.2, 0.25) is 5.02 Å². The van der Waals surface area contributed by atoms with Crippen molar-refractivity contribution in [3.05, 3.63) is 70.7 Å². The van der Waals surface area contributed by atoms with E-state index in [0.29, 0.717) is 23.4 Å². The Morgan fingerprint density at radius 1 is 0.938 bits per heavy atom. The second-order valence-corrected chi connectivity index (χ2v) is 8.73. The van der Waals surface area contributed by atoms with E-state index in [1.54, 1.807) is 49.4 Å². The summed E-state index contributed by atoms with van der Waals surface area (Å²) in [6, 6.07) is 13.8. The molecule has 4 rings (SSSR count). The topological polar surface area (TPSA) is 74.8 Å². The first-order valence-corrected chi connectivity index (χ1v) is 11.4. The molecule has 32 heavy (non-hydrogen) atoms. The Balaban J connectivity index is 1.78. The predicted octanol–water partition coefficient (Wildman–Crippen LogP) is 4.53. The molecule has 1 aliphatic carbocycles. The summed E-state index contributed by atoms with van der Waals surface area (Å²) in [5, 5.41) is 2.52. The molecule has 2 fully saturated rings. The Bertz CT molecular complexity index is 1010. The van der Waals surface area contributed by atoms with Gasteiger partial charge in [0.25, 0.3) is 17.7 Å². The van der Waals surface area contributed by atoms with E-state index in [-0.39, 0.29) is 29.6 Å². The molecule has 1 saturated carbocycles. The number of Topliss-reactive ketones (excluding diaryl/α,β-unsaturated/α-hetero) is 1. The van der Waals surface area contributed by atoms with Crippen LogP contribution < -0.4 is 0 Å². The number of nitrogens with zero attached hydrogens (tertiary/aromatic N) is 2. The van der Waals surface area contributed by atoms with Crippen LogP contribution in [0.3, 0.4) is 0 Å². The van der Waals surface area contributed by atoms with E-state index in [4.69, 9.17) is 11.6 Å². The van der Waals surface area contributed by atoms with Crippen molar-refractivity contribution in [3.8, 4) is 0 Å². The lowest BCUT2D eigenvalue weighted by Gasteiger charge is -2.36. The lowest BCUT2D eigenvalue weighted by atomic mass is 9.81. The highest BCUT2D eigenvalue weighted by molar-refractivity contribution is 6.30. The number of hydrogen-bond acceptors (Lipinski definition) is 4. The number of ketones is 1. The van der Waals surface area contributed by atoms with Crippen molar-refractivity contribution in [3.63, 3.8) is 0 Å². The van der Waals surface area contributed by atoms with E-state index in [0.717, 1.165) is 22.9 Å². The average Bonchev–Trinajstić information content (AvgIpc) is 3.08. The molecule has 0 spiro atoms. The fourth-order valence-corrected chi connectivity index (χ4v) is 4.84. The van der Waals surface area contributed by atoms with Crippen LogP contribution in [-0.4, -0.2) is 39.6 Å². The van der Waals surface area contributed by atoms with E-state index in [2.05, 4.69) is 0 Å². The molecule has 1 aliphatic heterocycles. The molecule has 0 radical (unpaired) electrons. The van der Waals surface area contributed by atoms with E-state index >= 15 is 0 Å². The summed E-state index contributed by atoms with van der Waals surface area (Å²) < 4.78 is 0. The molecule has 1 heterocycles. The number of carbonyl (C=O) groups is 4. The van der Waals surface area contributed by atoms with Crippen molar-refractivity contribution >= 4 is 35.1 Å². The molecule has 2 aromatic rings. The predicted molar refractivity (Wildman–Crippen MR) is 120 cm³/mol. The second-order valence-electron chi connectivity index (χ2n) is 8.30. The Morgan fingerprint density at radius 2 is 1.50 bits per heavy atom. The monoisotopic (exact) mass is 452 g/mol. The summed E-state index contributed by atoms with van der Waals surface area (Å²) in [5.74, 6) is -2.52. The fraction of sp³-hybridized carbons (Fsp3) is 0.360. The van der Waals surface area contributed by atoms with Gasteiger partial charge in [0.15, 0.2) is 5.78 Å². The maximum Gasteiger partial charge on any atom is 0.273 e. The van der Waals surface area contributed by atoms with Gasteiger partial charge in [-0.3, -0.25) is 19.2 Å². The average molecular weight is 453 g/mol. The van der Waals surface area contributed by atoms with Crippen molar-refractivity contribution in [2.45, 2.75) is 45.1 Å². The highest BCUT2D eigenvalue weighted by atomic mass is 35.5. The molecule has 1 saturated heterocycles. The Kier molecular flexibility index (Phi) is 6.42. The number of rotatable bonds is 6. The summed E-state index contributed by atoms with van der Waals surface area (Å²) in [7, 11) is 0. The first-order valence-electron chi connectivity index (χ1n) is 11.0. The standard InChI is InChI=1S/C25H25ClN2O4/c1-2-21(22(29)16-8-4-3-5-9-16)27(23(30)17-12-14-18(26)15-13-17)28-24(31)19-10-6-7-11-20(19)25(28)32/h3-5,8-9,12-15,19-21H,2,6-7,10-11H2,1H3/t19-,20-,21+/m0/s1. The molecular weight excluding hydrogens is 428 g/mol. The summed E-state index contributed by atoms with van der Waals surface area (Å²) in [6.45, 7) is 1.77. The maximum atomic E-state index is 13.7. The minimum atomic E-state index is -0.992. The number of halogens is 1. The van der Waals surface area contributed by atoms with Gasteiger partial charge < -0.3 is 0 Å². The summed E-state index contributed by atoms with van der Waals surface area (Å²) in [4.78, 5) is 53.8. The zero-order valence-corrected chi connectivity index (χ0v) is 18.6. The highest BCUT2D eigenvalue weighted by Crippen LogP contribution is 2.39. The first-order chi connectivity index (χ1) is 15.4. The maximum absolute atomic E-state index is 13.7. The summed E-state index contributed by atoms with van der Waals surface area (Å²) in [6.07, 6.45) is 3.24. The van der Waals surface area contributed by atoms with Crippen molar-refractivity contribution in [1.82, 2.24) is 10.0 Å². The van der Waals surface area contributed by atoms with Gasteiger partial charge in [-0.05, 0) is 43.5 Å². The molecule has 3 atom stereocenters. The zero-order valence-electron chi connectivity index (χ0n) is 17.9. The number of amides is 3. The van der Waals surface area contributed by atoms with Gasteiger partial charge in [0, 0.05) is 16.1 Å². The van der Waals surface area contributed by atoms with Gasteiger partial charge >= 0.3 is 0 Å². The SMILES string of the molecule is CC[C@H](C(=O)c1ccccc1)N(C(=O)c1ccc(Cl)cc1)N1C(=O)[C@H]2CCCC[C@@H]2C1=O. The van der Waals surface area contributed by atoms with E-state index in [1.807, 2.05) is 0 Å². The normalized spacial score (nSPS) is 21.2. The van der Waals surface area contributed by atoms with Crippen LogP contribution >= 0.6 is 11.6 Å². The second kappa shape index (κ2) is 9.25. The van der Waals surface area contributed by atoms with Crippen LogP contribution in [0.1, 0.15) is 59.7 Å². The Labute approximate surface area is 192 Å². The number of imide groups is 1. The van der Waals surface area contributed by atoms with Crippen molar-refractivity contribution < 1.29 is 19.2 Å². The Morgan fingerprint density at radius 3 is 2.03 bits per heavy atom. The van der Waals surface area contributed by atoms with Gasteiger partial charge in [-0.1, -0.05) is 61.7 Å². The molecule has 6 nitrogen and oxygen atoms in total. The minimum Gasteiger partial charge on any atom is -0.292 e. The zero-order chi connectivity index (χ0) is 22.8. The third-order valence-electron chi connectivity index (χ3n) is 6.38. The molecule has 0 aromatic heterocycles. The molecule has 166 valence electrons. The number of benzene rings is 2. The van der Waals surface area contributed by atoms with Gasteiger partial charge in [-0.2, -0.15) is 5.01 Å². The van der Waals surface area contributed by atoms with Crippen LogP contribution in [0.15, 0.2) is 54.6 Å². The number of carbonyl (C=O) groups excluding carboxylic acids is 4. The van der Waals surface area contributed by atoms with Crippen LogP contribution in [0, 0.1) is 11.8 Å². The molecule has 0 N–H and O–H groups in total. The Hall–Kier alpha value is -2.99. The molecule has 3 amide bonds. The van der Waals surface area contributed by atoms with Crippen LogP contribution in [0.4, 0.5) is 0 Å². The van der Waals surface area contributed by atoms with Crippen molar-refractivity contribution in [2.24, 2.45) is 11.8 Å². The van der Waals surface area contributed by atoms with Gasteiger partial charge in [0.2, 0.25) is 0 Å². The largest absolute Gasteiger partial charge is 0.292 e. The third-order valence-corrected chi connectivity index (χ3v) is 6.63. The van der Waals surface area contributed by atoms with Crippen LogP contribution in [-0.2, 0) is 9.59 Å². The molecule has 0 bridgehead atoms. The quantitative estimate of drug-likeness (QED) is 0.476. The van der Waals surface area contributed by atoms with Gasteiger partial charge in [0.1, 0.15) is 6.04 Å². The number of fused-ring (bicyclic) bond motifs is 1. The molecule has 0 unspecified atom stereocenters. The lowest BCUT2D eigenvalue weighted by Crippen LogP contribution is -2.57.